The molecule has 0 fully saturated rings. The fourth-order valence-electron chi connectivity index (χ4n) is 1.30. The number of rotatable bonds is 2. The minimum Gasteiger partial charge on any atom is -0.379 e. The van der Waals surface area contributed by atoms with Crippen LogP contribution in [0.15, 0.2) is 29.6 Å². The van der Waals surface area contributed by atoms with Crippen molar-refractivity contribution in [2.24, 2.45) is 5.73 Å². The van der Waals surface area contributed by atoms with Crippen LogP contribution in [-0.4, -0.2) is 5.17 Å². The molecule has 15 heavy (non-hydrogen) atoms. The Balaban J connectivity index is 0.00000112. The smallest absolute Gasteiger partial charge is 0.151 e. The molecule has 0 saturated carbocycles. The van der Waals surface area contributed by atoms with E-state index in [1.54, 1.807) is 11.3 Å². The zero-order chi connectivity index (χ0) is 9.97. The van der Waals surface area contributed by atoms with E-state index >= 15 is 0 Å². The number of nitrogens with two attached hydrogens (primary N) is 1. The van der Waals surface area contributed by atoms with Gasteiger partial charge in [-0.2, -0.15) is 0 Å². The lowest BCUT2D eigenvalue weighted by Crippen LogP contribution is -2.03. The average molecular weight is 259 g/mol. The van der Waals surface area contributed by atoms with Crippen molar-refractivity contribution in [2.45, 2.75) is 5.75 Å². The van der Waals surface area contributed by atoms with Crippen molar-refractivity contribution < 1.29 is 0 Å². The highest BCUT2D eigenvalue weighted by molar-refractivity contribution is 8.13. The quantitative estimate of drug-likeness (QED) is 0.640. The molecule has 1 aromatic heterocycles. The van der Waals surface area contributed by atoms with Crippen LogP contribution in [0.5, 0.6) is 0 Å². The standard InChI is InChI=1S/C10H10N2S2.ClH/c11-10(12)14-6-7-5-13-9-4-2-1-3-8(7)9;/h1-5H,6H2,(H3,11,12);1H. The highest BCUT2D eigenvalue weighted by Gasteiger charge is 2.03. The molecular formula is C10H11ClN2S2. The molecule has 0 aliphatic carbocycles. The maximum atomic E-state index is 7.15. The SMILES string of the molecule is Cl.N=C(N)SCc1csc2ccccc12. The first-order valence-corrected chi connectivity index (χ1v) is 6.06. The van der Waals surface area contributed by atoms with E-state index in [-0.39, 0.29) is 17.6 Å². The lowest BCUT2D eigenvalue weighted by molar-refractivity contribution is 1.48. The molecule has 0 unspecified atom stereocenters. The van der Waals surface area contributed by atoms with Crippen molar-refractivity contribution in [3.63, 3.8) is 0 Å². The van der Waals surface area contributed by atoms with Gasteiger partial charge in [-0.15, -0.1) is 23.7 Å². The van der Waals surface area contributed by atoms with Gasteiger partial charge in [0.25, 0.3) is 0 Å². The number of halogens is 1. The van der Waals surface area contributed by atoms with E-state index in [0.717, 1.165) is 5.75 Å². The molecule has 0 aliphatic heterocycles. The van der Waals surface area contributed by atoms with E-state index < -0.39 is 0 Å². The molecule has 80 valence electrons. The molecule has 0 aliphatic rings. The van der Waals surface area contributed by atoms with E-state index in [4.69, 9.17) is 11.1 Å². The van der Waals surface area contributed by atoms with E-state index in [0.29, 0.717) is 0 Å². The molecule has 0 bridgehead atoms. The van der Waals surface area contributed by atoms with Gasteiger partial charge in [0.1, 0.15) is 0 Å². The van der Waals surface area contributed by atoms with E-state index in [1.165, 1.54) is 27.4 Å². The topological polar surface area (TPSA) is 49.9 Å². The largest absolute Gasteiger partial charge is 0.379 e. The van der Waals surface area contributed by atoms with Crippen molar-refractivity contribution in [1.82, 2.24) is 0 Å². The first kappa shape index (κ1) is 12.4. The molecule has 0 saturated heterocycles. The minimum absolute atomic E-state index is 0. The van der Waals surface area contributed by atoms with Crippen LogP contribution in [0.4, 0.5) is 0 Å². The van der Waals surface area contributed by atoms with Gasteiger partial charge in [0.2, 0.25) is 0 Å². The number of fused-ring (bicyclic) bond motifs is 1. The summed E-state index contributed by atoms with van der Waals surface area (Å²) in [5.74, 6) is 0.791. The summed E-state index contributed by atoms with van der Waals surface area (Å²) in [6.45, 7) is 0. The number of thiophene rings is 1. The maximum absolute atomic E-state index is 7.15. The molecule has 0 radical (unpaired) electrons. The summed E-state index contributed by atoms with van der Waals surface area (Å²) in [5, 5.41) is 10.8. The fourth-order valence-corrected chi connectivity index (χ4v) is 2.92. The highest BCUT2D eigenvalue weighted by Crippen LogP contribution is 2.28. The molecule has 5 heteroatoms. The summed E-state index contributed by atoms with van der Waals surface area (Å²) >= 11 is 3.11. The van der Waals surface area contributed by atoms with Crippen LogP contribution in [0.25, 0.3) is 10.1 Å². The maximum Gasteiger partial charge on any atom is 0.151 e. The number of nitrogens with one attached hydrogen (secondary N) is 1. The first-order chi connectivity index (χ1) is 6.77. The van der Waals surface area contributed by atoms with Gasteiger partial charge in [-0.1, -0.05) is 30.0 Å². The Bertz CT molecular complexity index is 467. The summed E-state index contributed by atoms with van der Waals surface area (Å²) in [6.07, 6.45) is 0. The fraction of sp³-hybridized carbons (Fsp3) is 0.100. The van der Waals surface area contributed by atoms with E-state index in [9.17, 15) is 0 Å². The summed E-state index contributed by atoms with van der Waals surface area (Å²) in [4.78, 5) is 0. The molecule has 3 N–H and O–H groups in total. The molecule has 2 aromatic rings. The number of amidine groups is 1. The van der Waals surface area contributed by atoms with Crippen LogP contribution >= 0.6 is 35.5 Å². The first-order valence-electron chi connectivity index (χ1n) is 4.19. The van der Waals surface area contributed by atoms with Crippen LogP contribution < -0.4 is 5.73 Å². The summed E-state index contributed by atoms with van der Waals surface area (Å²) in [6, 6.07) is 8.31. The van der Waals surface area contributed by atoms with Crippen molar-refractivity contribution in [3.05, 3.63) is 35.2 Å². The number of hydrogen-bond acceptors (Lipinski definition) is 3. The molecule has 1 heterocycles. The second-order valence-electron chi connectivity index (χ2n) is 2.91. The third-order valence-corrected chi connectivity index (χ3v) is 3.72. The normalized spacial score (nSPS) is 9.87. The average Bonchev–Trinajstić information content (AvgIpc) is 2.58. The lowest BCUT2D eigenvalue weighted by atomic mass is 10.2. The predicted molar refractivity (Wildman–Crippen MR) is 72.3 cm³/mol. The lowest BCUT2D eigenvalue weighted by Gasteiger charge is -1.97. The van der Waals surface area contributed by atoms with Gasteiger partial charge in [0.05, 0.1) is 0 Å². The Hall–Kier alpha value is -0.710. The zero-order valence-electron chi connectivity index (χ0n) is 7.90. The van der Waals surface area contributed by atoms with Crippen LogP contribution in [-0.2, 0) is 5.75 Å². The molecule has 0 atom stereocenters. The van der Waals surface area contributed by atoms with E-state index in [1.807, 2.05) is 12.1 Å². The Labute approximate surface area is 103 Å². The molecular weight excluding hydrogens is 248 g/mol. The molecule has 0 spiro atoms. The third kappa shape index (κ3) is 2.87. The van der Waals surface area contributed by atoms with Gasteiger partial charge in [0.15, 0.2) is 5.17 Å². The van der Waals surface area contributed by atoms with Gasteiger partial charge < -0.3 is 5.73 Å². The molecule has 2 rings (SSSR count). The summed E-state index contributed by atoms with van der Waals surface area (Å²) in [7, 11) is 0. The predicted octanol–water partition coefficient (Wildman–Crippen LogP) is 3.45. The molecule has 1 aromatic carbocycles. The second-order valence-corrected chi connectivity index (χ2v) is 4.84. The number of benzene rings is 1. The Morgan fingerprint density at radius 2 is 2.13 bits per heavy atom. The third-order valence-electron chi connectivity index (χ3n) is 1.94. The summed E-state index contributed by atoms with van der Waals surface area (Å²) < 4.78 is 1.30. The van der Waals surface area contributed by atoms with Gasteiger partial charge in [-0.25, -0.2) is 0 Å². The summed E-state index contributed by atoms with van der Waals surface area (Å²) in [5.41, 5.74) is 6.57. The second kappa shape index (κ2) is 5.39. The minimum atomic E-state index is 0. The Kier molecular flexibility index (Phi) is 4.45. The molecule has 2 nitrogen and oxygen atoms in total. The number of thioether (sulfide) groups is 1. The van der Waals surface area contributed by atoms with Crippen molar-refractivity contribution in [1.29, 1.82) is 5.41 Å². The van der Waals surface area contributed by atoms with Crippen molar-refractivity contribution >= 4 is 50.8 Å². The van der Waals surface area contributed by atoms with Crippen LogP contribution in [0.2, 0.25) is 0 Å². The van der Waals surface area contributed by atoms with Crippen molar-refractivity contribution in [2.75, 3.05) is 0 Å². The number of hydrogen-bond donors (Lipinski definition) is 2. The Morgan fingerprint density at radius 3 is 2.87 bits per heavy atom. The van der Waals surface area contributed by atoms with Crippen LogP contribution in [0.1, 0.15) is 5.56 Å². The molecule has 0 amide bonds. The highest BCUT2D eigenvalue weighted by atomic mass is 35.5. The van der Waals surface area contributed by atoms with Crippen molar-refractivity contribution in [3.8, 4) is 0 Å². The van der Waals surface area contributed by atoms with Gasteiger partial charge in [-0.05, 0) is 22.4 Å². The van der Waals surface area contributed by atoms with Crippen LogP contribution in [0, 0.1) is 5.41 Å². The van der Waals surface area contributed by atoms with Crippen LogP contribution in [0.3, 0.4) is 0 Å². The van der Waals surface area contributed by atoms with Gasteiger partial charge in [-0.3, -0.25) is 5.41 Å². The zero-order valence-corrected chi connectivity index (χ0v) is 10.3. The Morgan fingerprint density at radius 1 is 1.40 bits per heavy atom. The van der Waals surface area contributed by atoms with Gasteiger partial charge >= 0.3 is 0 Å². The monoisotopic (exact) mass is 258 g/mol. The van der Waals surface area contributed by atoms with Gasteiger partial charge in [0, 0.05) is 10.5 Å². The van der Waals surface area contributed by atoms with E-state index in [2.05, 4.69) is 17.5 Å².